The molecule has 2 rings (SSSR count). The third kappa shape index (κ3) is 7.61. The summed E-state index contributed by atoms with van der Waals surface area (Å²) in [6.45, 7) is 2.36. The second-order valence-electron chi connectivity index (χ2n) is 7.57. The first-order valence-electron chi connectivity index (χ1n) is 9.73. The second kappa shape index (κ2) is 10.8. The summed E-state index contributed by atoms with van der Waals surface area (Å²) < 4.78 is 10.3. The fourth-order valence-electron chi connectivity index (χ4n) is 3.26. The minimum Gasteiger partial charge on any atom is -0.506 e. The van der Waals surface area contributed by atoms with Gasteiger partial charge in [0, 0.05) is 25.7 Å². The molecule has 2 aromatic carbocycles. The Kier molecular flexibility index (Phi) is 8.45. The molecule has 0 aliphatic rings. The van der Waals surface area contributed by atoms with Crippen molar-refractivity contribution >= 4 is 29.4 Å². The van der Waals surface area contributed by atoms with E-state index in [2.05, 4.69) is 0 Å². The lowest BCUT2D eigenvalue weighted by Crippen LogP contribution is -2.38. The Hall–Kier alpha value is -3.06. The van der Waals surface area contributed by atoms with Gasteiger partial charge in [-0.2, -0.15) is 0 Å². The smallest absolute Gasteiger partial charge is 0.302 e. The number of carbonyl (C=O) groups excluding carboxylic acids is 3. The number of aryl methyl sites for hydroxylation is 1. The molecule has 3 N–H and O–H groups in total. The summed E-state index contributed by atoms with van der Waals surface area (Å²) in [6.07, 6.45) is 0.826. The van der Waals surface area contributed by atoms with Crippen LogP contribution >= 0.6 is 11.6 Å². The summed E-state index contributed by atoms with van der Waals surface area (Å²) in [6, 6.07) is 12.7. The Balaban J connectivity index is 2.25. The minimum atomic E-state index is -0.930. The predicted molar refractivity (Wildman–Crippen MR) is 116 cm³/mol. The number of amides is 1. The number of phenolic OH excluding ortho intramolecular Hbond substituents is 1. The largest absolute Gasteiger partial charge is 0.506 e. The van der Waals surface area contributed by atoms with E-state index in [0.29, 0.717) is 12.8 Å². The Bertz CT molecular complexity index is 941. The van der Waals surface area contributed by atoms with Crippen molar-refractivity contribution in [1.82, 2.24) is 0 Å². The third-order valence-electron chi connectivity index (χ3n) is 4.86. The van der Waals surface area contributed by atoms with Crippen LogP contribution in [-0.2, 0) is 30.3 Å². The first kappa shape index (κ1) is 24.2. The van der Waals surface area contributed by atoms with Gasteiger partial charge >= 0.3 is 11.9 Å². The highest BCUT2D eigenvalue weighted by Gasteiger charge is 2.35. The SMILES string of the molecule is CC(=O)OCC(CCc1cccc(-c2ccc(O)c(Cl)c2)c1)(COC(C)=O)CC(N)=O. The molecule has 166 valence electrons. The van der Waals surface area contributed by atoms with Gasteiger partial charge in [0.1, 0.15) is 19.0 Å². The number of esters is 2. The van der Waals surface area contributed by atoms with Gasteiger partial charge in [-0.25, -0.2) is 0 Å². The van der Waals surface area contributed by atoms with Crippen LogP contribution in [0.4, 0.5) is 0 Å². The first-order valence-corrected chi connectivity index (χ1v) is 10.1. The number of halogens is 1. The quantitative estimate of drug-likeness (QED) is 0.537. The van der Waals surface area contributed by atoms with Crippen molar-refractivity contribution in [2.45, 2.75) is 33.1 Å². The number of primary amides is 1. The van der Waals surface area contributed by atoms with Gasteiger partial charge in [-0.1, -0.05) is 41.9 Å². The maximum absolute atomic E-state index is 11.7. The lowest BCUT2D eigenvalue weighted by Gasteiger charge is -2.31. The Labute approximate surface area is 186 Å². The number of hydrogen-bond acceptors (Lipinski definition) is 6. The Morgan fingerprint density at radius 2 is 1.61 bits per heavy atom. The van der Waals surface area contributed by atoms with Gasteiger partial charge < -0.3 is 20.3 Å². The molecular weight excluding hydrogens is 422 g/mol. The van der Waals surface area contributed by atoms with Crippen molar-refractivity contribution in [2.24, 2.45) is 11.1 Å². The second-order valence-corrected chi connectivity index (χ2v) is 7.98. The molecule has 0 atom stereocenters. The van der Waals surface area contributed by atoms with Crippen LogP contribution in [0.2, 0.25) is 5.02 Å². The van der Waals surface area contributed by atoms with E-state index in [1.807, 2.05) is 24.3 Å². The van der Waals surface area contributed by atoms with E-state index < -0.39 is 23.3 Å². The molecule has 0 heterocycles. The predicted octanol–water partition coefficient (Wildman–Crippen LogP) is 3.63. The van der Waals surface area contributed by atoms with Gasteiger partial charge in [0.05, 0.1) is 5.02 Å². The minimum absolute atomic E-state index is 0.00810. The van der Waals surface area contributed by atoms with Gasteiger partial charge in [-0.3, -0.25) is 14.4 Å². The first-order chi connectivity index (χ1) is 14.6. The van der Waals surface area contributed by atoms with Crippen LogP contribution in [0, 0.1) is 5.41 Å². The monoisotopic (exact) mass is 447 g/mol. The van der Waals surface area contributed by atoms with E-state index >= 15 is 0 Å². The number of ether oxygens (including phenoxy) is 2. The molecule has 0 saturated carbocycles. The van der Waals surface area contributed by atoms with Gasteiger partial charge in [-0.15, -0.1) is 0 Å². The zero-order chi connectivity index (χ0) is 23.0. The van der Waals surface area contributed by atoms with Gasteiger partial charge in [0.2, 0.25) is 5.91 Å². The number of rotatable bonds is 10. The summed E-state index contributed by atoms with van der Waals surface area (Å²) in [5.74, 6) is -1.56. The molecule has 0 radical (unpaired) electrons. The van der Waals surface area contributed by atoms with Crippen LogP contribution in [0.15, 0.2) is 42.5 Å². The summed E-state index contributed by atoms with van der Waals surface area (Å²) in [7, 11) is 0. The number of phenols is 1. The topological polar surface area (TPSA) is 116 Å². The van der Waals surface area contributed by atoms with Crippen molar-refractivity contribution in [3.05, 3.63) is 53.1 Å². The maximum atomic E-state index is 11.7. The number of hydrogen-bond donors (Lipinski definition) is 2. The third-order valence-corrected chi connectivity index (χ3v) is 5.17. The van der Waals surface area contributed by atoms with Crippen molar-refractivity contribution in [1.29, 1.82) is 0 Å². The van der Waals surface area contributed by atoms with Gasteiger partial charge in [0.15, 0.2) is 0 Å². The lowest BCUT2D eigenvalue weighted by atomic mass is 9.80. The Morgan fingerprint density at radius 1 is 1.00 bits per heavy atom. The Morgan fingerprint density at radius 3 is 2.16 bits per heavy atom. The molecule has 0 bridgehead atoms. The van der Waals surface area contributed by atoms with E-state index in [1.54, 1.807) is 12.1 Å². The fourth-order valence-corrected chi connectivity index (χ4v) is 3.44. The number of benzene rings is 2. The van der Waals surface area contributed by atoms with E-state index in [0.717, 1.165) is 16.7 Å². The van der Waals surface area contributed by atoms with Crippen molar-refractivity contribution in [3.63, 3.8) is 0 Å². The molecule has 7 nitrogen and oxygen atoms in total. The molecule has 0 spiro atoms. The number of carbonyl (C=O) groups is 3. The molecule has 0 aromatic heterocycles. The standard InChI is InChI=1S/C23H26ClNO6/c1-15(26)30-13-23(12-22(25)29,14-31-16(2)27)9-8-17-4-3-5-18(10-17)19-6-7-21(28)20(24)11-19/h3-7,10-11,28H,8-9,12-14H2,1-2H3,(H2,25,29). The molecule has 31 heavy (non-hydrogen) atoms. The highest BCUT2D eigenvalue weighted by molar-refractivity contribution is 6.32. The fraction of sp³-hybridized carbons (Fsp3) is 0.348. The molecule has 0 unspecified atom stereocenters. The van der Waals surface area contributed by atoms with Gasteiger partial charge in [-0.05, 0) is 41.7 Å². The summed E-state index contributed by atoms with van der Waals surface area (Å²) in [5, 5.41) is 9.88. The summed E-state index contributed by atoms with van der Waals surface area (Å²) in [5.41, 5.74) is 7.21. The van der Waals surface area contributed by atoms with E-state index in [4.69, 9.17) is 26.8 Å². The van der Waals surface area contributed by atoms with E-state index in [1.165, 1.54) is 19.9 Å². The highest BCUT2D eigenvalue weighted by atomic mass is 35.5. The van der Waals surface area contributed by atoms with Gasteiger partial charge in [0.25, 0.3) is 0 Å². The van der Waals surface area contributed by atoms with Crippen LogP contribution < -0.4 is 5.73 Å². The average Bonchev–Trinajstić information content (AvgIpc) is 2.71. The molecule has 0 aliphatic heterocycles. The van der Waals surface area contributed by atoms with Crippen LogP contribution in [0.3, 0.4) is 0 Å². The van der Waals surface area contributed by atoms with Crippen LogP contribution in [0.5, 0.6) is 5.75 Å². The normalized spacial score (nSPS) is 11.1. The molecule has 1 amide bonds. The maximum Gasteiger partial charge on any atom is 0.302 e. The van der Waals surface area contributed by atoms with Crippen molar-refractivity contribution < 1.29 is 29.0 Å². The van der Waals surface area contributed by atoms with E-state index in [9.17, 15) is 19.5 Å². The van der Waals surface area contributed by atoms with Crippen molar-refractivity contribution in [3.8, 4) is 16.9 Å². The number of aromatic hydroxyl groups is 1. The van der Waals surface area contributed by atoms with Crippen LogP contribution in [0.25, 0.3) is 11.1 Å². The molecule has 2 aromatic rings. The zero-order valence-corrected chi connectivity index (χ0v) is 18.3. The number of nitrogens with two attached hydrogens (primary N) is 1. The van der Waals surface area contributed by atoms with Crippen LogP contribution in [0.1, 0.15) is 32.3 Å². The van der Waals surface area contributed by atoms with E-state index in [-0.39, 0.29) is 30.4 Å². The van der Waals surface area contributed by atoms with Crippen LogP contribution in [-0.4, -0.2) is 36.2 Å². The average molecular weight is 448 g/mol. The lowest BCUT2D eigenvalue weighted by molar-refractivity contribution is -0.154. The van der Waals surface area contributed by atoms with Crippen molar-refractivity contribution in [2.75, 3.05) is 13.2 Å². The molecule has 0 fully saturated rings. The molecular formula is C23H26ClNO6. The molecule has 8 heteroatoms. The highest BCUT2D eigenvalue weighted by Crippen LogP contribution is 2.32. The molecule has 0 saturated heterocycles. The zero-order valence-electron chi connectivity index (χ0n) is 17.5. The molecule has 0 aliphatic carbocycles. The summed E-state index contributed by atoms with van der Waals surface area (Å²) in [4.78, 5) is 34.5. The summed E-state index contributed by atoms with van der Waals surface area (Å²) >= 11 is 6.02.